The smallest absolute Gasteiger partial charge is 0.350 e. The van der Waals surface area contributed by atoms with E-state index in [0.717, 1.165) is 0 Å². The van der Waals surface area contributed by atoms with Gasteiger partial charge in [0, 0.05) is 14.1 Å². The molecule has 1 rings (SSSR count). The molecule has 1 heterocycles. The summed E-state index contributed by atoms with van der Waals surface area (Å²) in [5.74, 6) is 0.874. The third kappa shape index (κ3) is 1.94. The molecule has 1 aromatic rings. The quantitative estimate of drug-likeness (QED) is 0.468. The molecule has 66 valence electrons. The van der Waals surface area contributed by atoms with Crippen LogP contribution in [0.3, 0.4) is 0 Å². The Morgan fingerprint density at radius 2 is 2.25 bits per heavy atom. The average molecular weight is 169 g/mol. The zero-order valence-corrected chi connectivity index (χ0v) is 7.27. The molecule has 0 saturated carbocycles. The van der Waals surface area contributed by atoms with Gasteiger partial charge in [0.25, 0.3) is 0 Å². The summed E-state index contributed by atoms with van der Waals surface area (Å²) in [6.45, 7) is 1.72. The maximum atomic E-state index is 5.51. The van der Waals surface area contributed by atoms with E-state index in [-0.39, 0.29) is 6.01 Å². The number of nitrogens with two attached hydrogens (primary N) is 1. The Labute approximate surface area is 70.1 Å². The summed E-state index contributed by atoms with van der Waals surface area (Å²) in [7, 11) is 3.56. The number of hydrogen-bond acceptors (Lipinski definition) is 4. The van der Waals surface area contributed by atoms with Gasteiger partial charge in [0.15, 0.2) is 11.8 Å². The lowest BCUT2D eigenvalue weighted by Crippen LogP contribution is -2.29. The fourth-order valence-corrected chi connectivity index (χ4v) is 0.530. The van der Waals surface area contributed by atoms with E-state index in [1.54, 1.807) is 25.9 Å². The Kier molecular flexibility index (Phi) is 2.27. The predicted molar refractivity (Wildman–Crippen MR) is 44.0 cm³/mol. The molecule has 0 aliphatic carbocycles. The van der Waals surface area contributed by atoms with Crippen LogP contribution in [0.25, 0.3) is 0 Å². The summed E-state index contributed by atoms with van der Waals surface area (Å²) in [5.41, 5.74) is 5.51. The van der Waals surface area contributed by atoms with Gasteiger partial charge in [0.2, 0.25) is 0 Å². The third-order valence-corrected chi connectivity index (χ3v) is 1.19. The van der Waals surface area contributed by atoms with Crippen LogP contribution in [0.4, 0.5) is 6.01 Å². The van der Waals surface area contributed by atoms with E-state index in [9.17, 15) is 0 Å². The van der Waals surface area contributed by atoms with Gasteiger partial charge in [-0.25, -0.2) is 0 Å². The minimum absolute atomic E-state index is 0.179. The summed E-state index contributed by atoms with van der Waals surface area (Å²) in [5, 5.41) is 3.56. The highest BCUT2D eigenvalue weighted by Crippen LogP contribution is 2.06. The van der Waals surface area contributed by atoms with E-state index in [0.29, 0.717) is 11.8 Å². The summed E-state index contributed by atoms with van der Waals surface area (Å²) in [4.78, 5) is 9.37. The van der Waals surface area contributed by atoms with Crippen LogP contribution in [-0.2, 0) is 0 Å². The summed E-state index contributed by atoms with van der Waals surface area (Å²) >= 11 is 0. The predicted octanol–water partition coefficient (Wildman–Crippen LogP) is -0.114. The van der Waals surface area contributed by atoms with Crippen molar-refractivity contribution in [2.24, 2.45) is 10.7 Å². The number of guanidine groups is 1. The molecule has 0 saturated heterocycles. The molecule has 0 aliphatic rings. The van der Waals surface area contributed by atoms with Gasteiger partial charge in [-0.05, 0) is 6.92 Å². The molecule has 0 aliphatic heterocycles. The molecular formula is C6H11N5O. The summed E-state index contributed by atoms with van der Waals surface area (Å²) in [6.07, 6.45) is 0. The van der Waals surface area contributed by atoms with E-state index in [1.807, 2.05) is 0 Å². The Morgan fingerprint density at radius 3 is 2.67 bits per heavy atom. The second kappa shape index (κ2) is 3.21. The molecule has 0 spiro atoms. The lowest BCUT2D eigenvalue weighted by molar-refractivity contribution is 0.422. The van der Waals surface area contributed by atoms with Crippen LogP contribution >= 0.6 is 0 Å². The average Bonchev–Trinajstić information content (AvgIpc) is 2.35. The molecule has 1 aromatic heterocycles. The number of rotatable bonds is 1. The SMILES string of the molecule is Cc1noc(/N=C(/N)N(C)C)n1. The van der Waals surface area contributed by atoms with Crippen LogP contribution in [-0.4, -0.2) is 35.1 Å². The highest BCUT2D eigenvalue weighted by molar-refractivity contribution is 5.79. The van der Waals surface area contributed by atoms with Crippen molar-refractivity contribution >= 4 is 12.0 Å². The van der Waals surface area contributed by atoms with Crippen molar-refractivity contribution in [1.29, 1.82) is 0 Å². The number of aliphatic imine (C=N–C) groups is 1. The van der Waals surface area contributed by atoms with Crippen LogP contribution in [0.15, 0.2) is 9.52 Å². The molecule has 0 amide bonds. The van der Waals surface area contributed by atoms with Crippen molar-refractivity contribution in [2.45, 2.75) is 6.92 Å². The molecule has 0 aromatic carbocycles. The lowest BCUT2D eigenvalue weighted by atomic mass is 10.7. The highest BCUT2D eigenvalue weighted by atomic mass is 16.5. The van der Waals surface area contributed by atoms with E-state index < -0.39 is 0 Å². The lowest BCUT2D eigenvalue weighted by Gasteiger charge is -2.08. The van der Waals surface area contributed by atoms with Crippen molar-refractivity contribution in [2.75, 3.05) is 14.1 Å². The first-order valence-corrected chi connectivity index (χ1v) is 3.41. The zero-order valence-electron chi connectivity index (χ0n) is 7.27. The first-order valence-electron chi connectivity index (χ1n) is 3.41. The highest BCUT2D eigenvalue weighted by Gasteiger charge is 2.01. The molecule has 12 heavy (non-hydrogen) atoms. The van der Waals surface area contributed by atoms with E-state index >= 15 is 0 Å². The summed E-state index contributed by atoms with van der Waals surface area (Å²) in [6, 6.07) is 0.179. The minimum Gasteiger partial charge on any atom is -0.369 e. The number of aromatic nitrogens is 2. The van der Waals surface area contributed by atoms with Crippen molar-refractivity contribution in [1.82, 2.24) is 15.0 Å². The Hall–Kier alpha value is -1.59. The molecule has 0 unspecified atom stereocenters. The van der Waals surface area contributed by atoms with Crippen molar-refractivity contribution in [3.63, 3.8) is 0 Å². The minimum atomic E-state index is 0.179. The maximum Gasteiger partial charge on any atom is 0.350 e. The molecule has 6 nitrogen and oxygen atoms in total. The maximum absolute atomic E-state index is 5.51. The second-order valence-corrected chi connectivity index (χ2v) is 2.49. The number of hydrogen-bond donors (Lipinski definition) is 1. The van der Waals surface area contributed by atoms with Gasteiger partial charge in [0.05, 0.1) is 0 Å². The number of nitrogens with zero attached hydrogens (tertiary/aromatic N) is 4. The van der Waals surface area contributed by atoms with Crippen molar-refractivity contribution in [3.8, 4) is 0 Å². The van der Waals surface area contributed by atoms with Crippen LogP contribution in [0.2, 0.25) is 0 Å². The van der Waals surface area contributed by atoms with Gasteiger partial charge in [-0.3, -0.25) is 0 Å². The largest absolute Gasteiger partial charge is 0.369 e. The number of aryl methyl sites for hydroxylation is 1. The Bertz CT molecular complexity index is 290. The third-order valence-electron chi connectivity index (χ3n) is 1.19. The molecule has 0 bridgehead atoms. The second-order valence-electron chi connectivity index (χ2n) is 2.49. The van der Waals surface area contributed by atoms with E-state index in [4.69, 9.17) is 10.3 Å². The fourth-order valence-electron chi connectivity index (χ4n) is 0.530. The molecule has 0 atom stereocenters. The molecular weight excluding hydrogens is 158 g/mol. The van der Waals surface area contributed by atoms with Crippen molar-refractivity contribution < 1.29 is 4.52 Å². The van der Waals surface area contributed by atoms with Gasteiger partial charge in [-0.2, -0.15) is 9.98 Å². The Morgan fingerprint density at radius 1 is 1.58 bits per heavy atom. The zero-order chi connectivity index (χ0) is 9.14. The molecule has 0 radical (unpaired) electrons. The van der Waals surface area contributed by atoms with Crippen LogP contribution < -0.4 is 5.73 Å². The van der Waals surface area contributed by atoms with Gasteiger partial charge in [0.1, 0.15) is 0 Å². The normalized spacial score (nSPS) is 11.8. The van der Waals surface area contributed by atoms with Crippen LogP contribution in [0.1, 0.15) is 5.82 Å². The molecule has 0 fully saturated rings. The van der Waals surface area contributed by atoms with Gasteiger partial charge in [-0.15, -0.1) is 0 Å². The van der Waals surface area contributed by atoms with Gasteiger partial charge in [-0.1, -0.05) is 5.16 Å². The van der Waals surface area contributed by atoms with Crippen molar-refractivity contribution in [3.05, 3.63) is 5.82 Å². The van der Waals surface area contributed by atoms with Gasteiger partial charge < -0.3 is 15.2 Å². The van der Waals surface area contributed by atoms with Gasteiger partial charge >= 0.3 is 6.01 Å². The summed E-state index contributed by atoms with van der Waals surface area (Å²) < 4.78 is 4.73. The standard InChI is InChI=1S/C6H11N5O/c1-4-8-6(12-10-4)9-5(7)11(2)3/h1-3H3,(H2,7,8,9,10). The van der Waals surface area contributed by atoms with E-state index in [1.165, 1.54) is 0 Å². The molecule has 2 N–H and O–H groups in total. The first kappa shape index (κ1) is 8.51. The first-order chi connectivity index (χ1) is 5.59. The van der Waals surface area contributed by atoms with Crippen LogP contribution in [0, 0.1) is 6.92 Å². The monoisotopic (exact) mass is 169 g/mol. The fraction of sp³-hybridized carbons (Fsp3) is 0.500. The van der Waals surface area contributed by atoms with E-state index in [2.05, 4.69) is 15.1 Å². The van der Waals surface area contributed by atoms with Crippen LogP contribution in [0.5, 0.6) is 0 Å². The topological polar surface area (TPSA) is 80.5 Å². The Balaban J connectivity index is 2.80. The molecule has 6 heteroatoms.